The number of nitrogens with one attached hydrogen (secondary N) is 1. The summed E-state index contributed by atoms with van der Waals surface area (Å²) in [6, 6.07) is 10.9. The molecule has 9 heteroatoms. The van der Waals surface area contributed by atoms with E-state index in [1.165, 1.54) is 12.1 Å². The fraction of sp³-hybridized carbons (Fsp3) is 0.316. The molecule has 1 N–H and O–H groups in total. The molecule has 2 aromatic rings. The Labute approximate surface area is 166 Å². The van der Waals surface area contributed by atoms with Crippen molar-refractivity contribution < 1.29 is 14.1 Å². The molecule has 28 heavy (non-hydrogen) atoms. The van der Waals surface area contributed by atoms with E-state index in [4.69, 9.17) is 11.6 Å². The third-order valence-corrected chi connectivity index (χ3v) is 4.88. The number of anilines is 1. The van der Waals surface area contributed by atoms with Crippen LogP contribution in [0.2, 0.25) is 5.02 Å². The molecule has 3 rings (SSSR count). The maximum Gasteiger partial charge on any atom is 0.294 e. The average molecular weight is 407 g/mol. The number of carbonyl (C=O) groups is 1. The Morgan fingerprint density at radius 3 is 2.57 bits per heavy atom. The van der Waals surface area contributed by atoms with E-state index in [0.717, 1.165) is 0 Å². The number of halogens is 2. The van der Waals surface area contributed by atoms with Crippen molar-refractivity contribution in [1.29, 1.82) is 0 Å². The van der Waals surface area contributed by atoms with E-state index in [1.54, 1.807) is 30.3 Å². The third-order valence-electron chi connectivity index (χ3n) is 4.65. The van der Waals surface area contributed by atoms with E-state index in [1.807, 2.05) is 9.80 Å². The van der Waals surface area contributed by atoms with Crippen LogP contribution in [0.5, 0.6) is 0 Å². The number of rotatable bonds is 6. The molecule has 7 nitrogen and oxygen atoms in total. The first-order valence-electron chi connectivity index (χ1n) is 8.85. The molecule has 1 heterocycles. The van der Waals surface area contributed by atoms with E-state index in [2.05, 4.69) is 5.32 Å². The molecule has 0 spiro atoms. The van der Waals surface area contributed by atoms with Crippen molar-refractivity contribution in [2.45, 2.75) is 6.54 Å². The van der Waals surface area contributed by atoms with E-state index in [-0.39, 0.29) is 30.5 Å². The van der Waals surface area contributed by atoms with Crippen LogP contribution in [0.3, 0.4) is 0 Å². The quantitative estimate of drug-likeness (QED) is 0.589. The molecule has 0 aliphatic carbocycles. The van der Waals surface area contributed by atoms with E-state index < -0.39 is 4.92 Å². The maximum atomic E-state index is 13.6. The smallest absolute Gasteiger partial charge is 0.294 e. The summed E-state index contributed by atoms with van der Waals surface area (Å²) in [7, 11) is 0. The first-order chi connectivity index (χ1) is 13.4. The van der Waals surface area contributed by atoms with Gasteiger partial charge < -0.3 is 10.2 Å². The zero-order valence-electron chi connectivity index (χ0n) is 15.1. The molecular formula is C19H20ClFN4O3. The SMILES string of the molecule is O=C(CN1CCN(c2ccc(Cl)cc2[N+](=O)[O-])CC1)NCc1ccccc1F. The minimum Gasteiger partial charge on any atom is -0.363 e. The molecule has 1 amide bonds. The number of hydrogen-bond acceptors (Lipinski definition) is 5. The minimum atomic E-state index is -0.441. The normalized spacial score (nSPS) is 14.7. The van der Waals surface area contributed by atoms with Crippen LogP contribution in [0, 0.1) is 15.9 Å². The van der Waals surface area contributed by atoms with Gasteiger partial charge in [0.15, 0.2) is 0 Å². The molecule has 0 atom stereocenters. The molecule has 148 valence electrons. The van der Waals surface area contributed by atoms with Gasteiger partial charge in [0.05, 0.1) is 11.5 Å². The second-order valence-electron chi connectivity index (χ2n) is 6.52. The maximum absolute atomic E-state index is 13.6. The summed E-state index contributed by atoms with van der Waals surface area (Å²) in [5.74, 6) is -0.532. The molecule has 1 fully saturated rings. The number of hydrogen-bond donors (Lipinski definition) is 1. The molecule has 1 saturated heterocycles. The third kappa shape index (κ3) is 4.96. The Morgan fingerprint density at radius 2 is 1.89 bits per heavy atom. The van der Waals surface area contributed by atoms with Gasteiger partial charge in [-0.25, -0.2) is 4.39 Å². The van der Waals surface area contributed by atoms with Gasteiger partial charge in [-0.1, -0.05) is 29.8 Å². The van der Waals surface area contributed by atoms with Crippen LogP contribution in [0.25, 0.3) is 0 Å². The molecule has 2 aromatic carbocycles. The van der Waals surface area contributed by atoms with Gasteiger partial charge >= 0.3 is 0 Å². The molecule has 0 radical (unpaired) electrons. The van der Waals surface area contributed by atoms with Gasteiger partial charge in [-0.3, -0.25) is 19.8 Å². The van der Waals surface area contributed by atoms with Crippen LogP contribution in [0.15, 0.2) is 42.5 Å². The highest BCUT2D eigenvalue weighted by Crippen LogP contribution is 2.31. The first kappa shape index (κ1) is 20.0. The second kappa shape index (κ2) is 8.99. The van der Waals surface area contributed by atoms with Crippen molar-refractivity contribution in [2.75, 3.05) is 37.6 Å². The zero-order chi connectivity index (χ0) is 20.1. The number of benzene rings is 2. The standard InChI is InChI=1S/C19H20ClFN4O3/c20-15-5-6-17(18(11-15)25(27)28)24-9-7-23(8-10-24)13-19(26)22-12-14-3-1-2-4-16(14)21/h1-6,11H,7-10,12-13H2,(H,22,26). The van der Waals surface area contributed by atoms with Crippen LogP contribution in [0.1, 0.15) is 5.56 Å². The first-order valence-corrected chi connectivity index (χ1v) is 9.23. The van der Waals surface area contributed by atoms with Crippen LogP contribution >= 0.6 is 11.6 Å². The summed E-state index contributed by atoms with van der Waals surface area (Å²) in [6.45, 7) is 2.64. The highest BCUT2D eigenvalue weighted by atomic mass is 35.5. The van der Waals surface area contributed by atoms with Gasteiger partial charge in [-0.2, -0.15) is 0 Å². The summed E-state index contributed by atoms with van der Waals surface area (Å²) in [4.78, 5) is 26.9. The Balaban J connectivity index is 1.51. The largest absolute Gasteiger partial charge is 0.363 e. The van der Waals surface area contributed by atoms with Gasteiger partial charge in [0.25, 0.3) is 5.69 Å². The predicted molar refractivity (Wildman–Crippen MR) is 105 cm³/mol. The molecular weight excluding hydrogens is 387 g/mol. The molecule has 0 unspecified atom stereocenters. The molecule has 0 saturated carbocycles. The van der Waals surface area contributed by atoms with Gasteiger partial charge in [-0.05, 0) is 18.2 Å². The number of nitrogens with zero attached hydrogens (tertiary/aromatic N) is 3. The molecule has 0 bridgehead atoms. The summed E-state index contributed by atoms with van der Waals surface area (Å²) < 4.78 is 13.6. The topological polar surface area (TPSA) is 78.7 Å². The van der Waals surface area contributed by atoms with Gasteiger partial charge in [0.1, 0.15) is 11.5 Å². The zero-order valence-corrected chi connectivity index (χ0v) is 15.9. The number of nitro benzene ring substituents is 1. The van der Waals surface area contributed by atoms with Crippen molar-refractivity contribution in [3.8, 4) is 0 Å². The molecule has 1 aliphatic rings. The van der Waals surface area contributed by atoms with Crippen LogP contribution in [-0.2, 0) is 11.3 Å². The van der Waals surface area contributed by atoms with Crippen molar-refractivity contribution in [1.82, 2.24) is 10.2 Å². The number of carbonyl (C=O) groups excluding carboxylic acids is 1. The fourth-order valence-corrected chi connectivity index (χ4v) is 3.32. The van der Waals surface area contributed by atoms with E-state index in [9.17, 15) is 19.3 Å². The van der Waals surface area contributed by atoms with Gasteiger partial charge in [0, 0.05) is 49.4 Å². The average Bonchev–Trinajstić information content (AvgIpc) is 2.68. The lowest BCUT2D eigenvalue weighted by Crippen LogP contribution is -2.49. The Morgan fingerprint density at radius 1 is 1.18 bits per heavy atom. The van der Waals surface area contributed by atoms with Crippen molar-refractivity contribution >= 4 is 28.9 Å². The predicted octanol–water partition coefficient (Wildman–Crippen LogP) is 2.83. The highest BCUT2D eigenvalue weighted by Gasteiger charge is 2.24. The number of nitro groups is 1. The monoisotopic (exact) mass is 406 g/mol. The van der Waals surface area contributed by atoms with Crippen molar-refractivity contribution in [3.05, 3.63) is 69.0 Å². The lowest BCUT2D eigenvalue weighted by atomic mass is 10.2. The second-order valence-corrected chi connectivity index (χ2v) is 6.96. The number of amides is 1. The highest BCUT2D eigenvalue weighted by molar-refractivity contribution is 6.30. The Kier molecular flexibility index (Phi) is 6.43. The van der Waals surface area contributed by atoms with Gasteiger partial charge in [-0.15, -0.1) is 0 Å². The lowest BCUT2D eigenvalue weighted by molar-refractivity contribution is -0.384. The van der Waals surface area contributed by atoms with Gasteiger partial charge in [0.2, 0.25) is 5.91 Å². The Bertz CT molecular complexity index is 872. The summed E-state index contributed by atoms with van der Waals surface area (Å²) in [6.07, 6.45) is 0. The van der Waals surface area contributed by atoms with Crippen LogP contribution in [0.4, 0.5) is 15.8 Å². The molecule has 0 aromatic heterocycles. The van der Waals surface area contributed by atoms with E-state index in [0.29, 0.717) is 42.5 Å². The van der Waals surface area contributed by atoms with E-state index >= 15 is 0 Å². The van der Waals surface area contributed by atoms with Crippen molar-refractivity contribution in [3.63, 3.8) is 0 Å². The minimum absolute atomic E-state index is 0.0245. The summed E-state index contributed by atoms with van der Waals surface area (Å²) in [5, 5.41) is 14.3. The number of piperazine rings is 1. The van der Waals surface area contributed by atoms with Crippen molar-refractivity contribution in [2.24, 2.45) is 0 Å². The fourth-order valence-electron chi connectivity index (χ4n) is 3.15. The lowest BCUT2D eigenvalue weighted by Gasteiger charge is -2.35. The summed E-state index contributed by atoms with van der Waals surface area (Å²) in [5.41, 5.74) is 0.942. The Hall–Kier alpha value is -2.71. The summed E-state index contributed by atoms with van der Waals surface area (Å²) >= 11 is 5.86. The van der Waals surface area contributed by atoms with Crippen LogP contribution < -0.4 is 10.2 Å². The molecule has 1 aliphatic heterocycles. The van der Waals surface area contributed by atoms with Crippen LogP contribution in [-0.4, -0.2) is 48.5 Å².